The lowest BCUT2D eigenvalue weighted by molar-refractivity contribution is -0.124. The van der Waals surface area contributed by atoms with Crippen LogP contribution in [-0.2, 0) is 4.79 Å². The minimum Gasteiger partial charge on any atom is -0.456 e. The van der Waals surface area contributed by atoms with Crippen LogP contribution in [0.2, 0.25) is 0 Å². The van der Waals surface area contributed by atoms with E-state index >= 15 is 0 Å². The summed E-state index contributed by atoms with van der Waals surface area (Å²) in [6.07, 6.45) is 0.439. The molecule has 8 nitrogen and oxygen atoms in total. The number of rotatable bonds is 5. The molecule has 28 heavy (non-hydrogen) atoms. The molecule has 2 heterocycles. The molecular formula is C20H24N4O4. The molecule has 1 aliphatic heterocycles. The van der Waals surface area contributed by atoms with E-state index in [9.17, 15) is 14.4 Å². The van der Waals surface area contributed by atoms with E-state index in [2.05, 4.69) is 10.6 Å². The number of nitrogens with zero attached hydrogens (tertiary/aromatic N) is 1. The van der Waals surface area contributed by atoms with Crippen molar-refractivity contribution in [3.8, 4) is 0 Å². The summed E-state index contributed by atoms with van der Waals surface area (Å²) in [5.74, 6) is 0.0456. The van der Waals surface area contributed by atoms with Gasteiger partial charge in [-0.15, -0.1) is 0 Å². The second-order valence-corrected chi connectivity index (χ2v) is 6.81. The number of benzene rings is 1. The van der Waals surface area contributed by atoms with Gasteiger partial charge in [-0.25, -0.2) is 0 Å². The van der Waals surface area contributed by atoms with Gasteiger partial charge >= 0.3 is 0 Å². The van der Waals surface area contributed by atoms with E-state index in [4.69, 9.17) is 10.2 Å². The smallest absolute Gasteiger partial charge is 0.291 e. The summed E-state index contributed by atoms with van der Waals surface area (Å²) in [5, 5.41) is 5.46. The van der Waals surface area contributed by atoms with Crippen LogP contribution in [-0.4, -0.2) is 47.8 Å². The van der Waals surface area contributed by atoms with Crippen LogP contribution in [0.5, 0.6) is 0 Å². The maximum Gasteiger partial charge on any atom is 0.291 e. The summed E-state index contributed by atoms with van der Waals surface area (Å²) in [4.78, 5) is 38.7. The van der Waals surface area contributed by atoms with Crippen molar-refractivity contribution in [1.29, 1.82) is 0 Å². The Balaban J connectivity index is 1.69. The molecule has 148 valence electrons. The van der Waals surface area contributed by atoms with Crippen molar-refractivity contribution in [2.45, 2.75) is 32.4 Å². The Bertz CT molecular complexity index is 875. The molecule has 1 aliphatic rings. The average Bonchev–Trinajstić information content (AvgIpc) is 3.28. The third-order valence-electron chi connectivity index (χ3n) is 4.60. The van der Waals surface area contributed by atoms with Gasteiger partial charge in [-0.3, -0.25) is 14.4 Å². The Morgan fingerprint density at radius 2 is 1.89 bits per heavy atom. The highest BCUT2D eigenvalue weighted by atomic mass is 16.3. The first-order valence-electron chi connectivity index (χ1n) is 9.21. The highest BCUT2D eigenvalue weighted by Gasteiger charge is 2.38. The molecule has 3 amide bonds. The molecule has 0 radical (unpaired) electrons. The topological polar surface area (TPSA) is 118 Å². The minimum atomic E-state index is -0.566. The van der Waals surface area contributed by atoms with E-state index < -0.39 is 6.04 Å². The fourth-order valence-electron chi connectivity index (χ4n) is 3.24. The van der Waals surface area contributed by atoms with Crippen LogP contribution in [0.25, 0.3) is 0 Å². The average molecular weight is 384 g/mol. The van der Waals surface area contributed by atoms with Crippen LogP contribution in [0, 0.1) is 6.92 Å². The molecule has 1 fully saturated rings. The summed E-state index contributed by atoms with van der Waals surface area (Å²) in [7, 11) is 0. The van der Waals surface area contributed by atoms with Gasteiger partial charge < -0.3 is 25.7 Å². The van der Waals surface area contributed by atoms with Gasteiger partial charge in [0.25, 0.3) is 11.8 Å². The van der Waals surface area contributed by atoms with Crippen molar-refractivity contribution >= 4 is 23.4 Å². The lowest BCUT2D eigenvalue weighted by Crippen LogP contribution is -2.45. The predicted molar refractivity (Wildman–Crippen MR) is 104 cm³/mol. The number of aryl methyl sites for hydroxylation is 1. The minimum absolute atomic E-state index is 0.193. The van der Waals surface area contributed by atoms with Crippen molar-refractivity contribution in [3.63, 3.8) is 0 Å². The monoisotopic (exact) mass is 384 g/mol. The summed E-state index contributed by atoms with van der Waals surface area (Å²) in [6, 6.07) is 9.02. The van der Waals surface area contributed by atoms with Crippen molar-refractivity contribution in [2.75, 3.05) is 18.4 Å². The maximum atomic E-state index is 12.9. The van der Waals surface area contributed by atoms with E-state index in [0.29, 0.717) is 36.5 Å². The second kappa shape index (κ2) is 8.26. The zero-order valence-corrected chi connectivity index (χ0v) is 15.9. The summed E-state index contributed by atoms with van der Waals surface area (Å²) in [5.41, 5.74) is 6.93. The fraction of sp³-hybridized carbons (Fsp3) is 0.350. The Labute approximate surface area is 163 Å². The molecule has 0 bridgehead atoms. The number of furan rings is 1. The molecule has 1 aromatic heterocycles. The molecule has 0 aliphatic carbocycles. The van der Waals surface area contributed by atoms with Gasteiger partial charge in [0.05, 0.1) is 0 Å². The van der Waals surface area contributed by atoms with Crippen LogP contribution in [0.1, 0.15) is 40.0 Å². The SMILES string of the molecule is CCNC(=O)[C@@H]1C[C@@H](N)CN1C(=O)c1ccc(NC(=O)c2ccc(C)o2)cc1. The van der Waals surface area contributed by atoms with Crippen LogP contribution in [0.4, 0.5) is 5.69 Å². The van der Waals surface area contributed by atoms with E-state index in [1.165, 1.54) is 4.90 Å². The van der Waals surface area contributed by atoms with Gasteiger partial charge in [-0.1, -0.05) is 0 Å². The zero-order valence-electron chi connectivity index (χ0n) is 15.9. The molecule has 4 N–H and O–H groups in total. The summed E-state index contributed by atoms with van der Waals surface area (Å²) < 4.78 is 5.29. The number of anilines is 1. The first-order valence-corrected chi connectivity index (χ1v) is 9.21. The van der Waals surface area contributed by atoms with Crippen molar-refractivity contribution in [1.82, 2.24) is 10.2 Å². The number of likely N-dealkylation sites (tertiary alicyclic amines) is 1. The Hall–Kier alpha value is -3.13. The van der Waals surface area contributed by atoms with E-state index in [1.54, 1.807) is 43.3 Å². The van der Waals surface area contributed by atoms with Crippen molar-refractivity contribution < 1.29 is 18.8 Å². The highest BCUT2D eigenvalue weighted by molar-refractivity contribution is 6.03. The first kappa shape index (κ1) is 19.6. The molecule has 3 rings (SSSR count). The Morgan fingerprint density at radius 3 is 2.50 bits per heavy atom. The molecule has 2 atom stereocenters. The van der Waals surface area contributed by atoms with E-state index in [1.807, 2.05) is 6.92 Å². The lowest BCUT2D eigenvalue weighted by Gasteiger charge is -2.23. The summed E-state index contributed by atoms with van der Waals surface area (Å²) in [6.45, 7) is 4.42. The molecule has 1 aromatic carbocycles. The fourth-order valence-corrected chi connectivity index (χ4v) is 3.24. The van der Waals surface area contributed by atoms with Crippen LogP contribution >= 0.6 is 0 Å². The van der Waals surface area contributed by atoms with Gasteiger partial charge in [0.1, 0.15) is 11.8 Å². The Kier molecular flexibility index (Phi) is 5.79. The number of amides is 3. The standard InChI is InChI=1S/C20H24N4O4/c1-3-22-18(25)16-10-14(21)11-24(16)20(27)13-5-7-15(8-6-13)23-19(26)17-9-4-12(2)28-17/h4-9,14,16H,3,10-11,21H2,1-2H3,(H,22,25)(H,23,26)/t14-,16+/m1/s1. The van der Waals surface area contributed by atoms with Crippen LogP contribution < -0.4 is 16.4 Å². The van der Waals surface area contributed by atoms with Gasteiger partial charge in [0.15, 0.2) is 5.76 Å². The number of carbonyl (C=O) groups is 3. The molecule has 2 aromatic rings. The molecule has 0 unspecified atom stereocenters. The number of nitrogens with two attached hydrogens (primary N) is 1. The number of carbonyl (C=O) groups excluding carboxylic acids is 3. The van der Waals surface area contributed by atoms with Gasteiger partial charge in [0.2, 0.25) is 5.91 Å². The maximum absolute atomic E-state index is 12.9. The normalized spacial score (nSPS) is 18.8. The lowest BCUT2D eigenvalue weighted by atomic mass is 10.1. The molecular weight excluding hydrogens is 360 g/mol. The third kappa shape index (κ3) is 4.23. The largest absolute Gasteiger partial charge is 0.456 e. The number of nitrogens with one attached hydrogen (secondary N) is 2. The van der Waals surface area contributed by atoms with Gasteiger partial charge in [0, 0.05) is 30.4 Å². The number of likely N-dealkylation sites (N-methyl/N-ethyl adjacent to an activating group) is 1. The summed E-state index contributed by atoms with van der Waals surface area (Å²) >= 11 is 0. The van der Waals surface area contributed by atoms with Crippen LogP contribution in [0.3, 0.4) is 0 Å². The van der Waals surface area contributed by atoms with E-state index in [0.717, 1.165) is 0 Å². The second-order valence-electron chi connectivity index (χ2n) is 6.81. The first-order chi connectivity index (χ1) is 13.4. The van der Waals surface area contributed by atoms with Crippen molar-refractivity contribution in [2.24, 2.45) is 5.73 Å². The Morgan fingerprint density at radius 1 is 1.18 bits per heavy atom. The molecule has 0 spiro atoms. The van der Waals surface area contributed by atoms with Gasteiger partial charge in [-0.05, 0) is 56.7 Å². The van der Waals surface area contributed by atoms with E-state index in [-0.39, 0.29) is 29.5 Å². The van der Waals surface area contributed by atoms with Crippen molar-refractivity contribution in [3.05, 3.63) is 53.5 Å². The number of hydrogen-bond acceptors (Lipinski definition) is 5. The predicted octanol–water partition coefficient (Wildman–Crippen LogP) is 1.52. The number of hydrogen-bond donors (Lipinski definition) is 3. The van der Waals surface area contributed by atoms with Crippen LogP contribution in [0.15, 0.2) is 40.8 Å². The quantitative estimate of drug-likeness (QED) is 0.722. The zero-order chi connectivity index (χ0) is 20.3. The molecule has 1 saturated heterocycles. The highest BCUT2D eigenvalue weighted by Crippen LogP contribution is 2.21. The molecule has 0 saturated carbocycles. The molecule has 8 heteroatoms. The van der Waals surface area contributed by atoms with Gasteiger partial charge in [-0.2, -0.15) is 0 Å². The third-order valence-corrected chi connectivity index (χ3v) is 4.60.